The second-order valence-electron chi connectivity index (χ2n) is 7.33. The van der Waals surface area contributed by atoms with Crippen LogP contribution in [-0.4, -0.2) is 22.8 Å². The molecule has 3 aromatic rings. The predicted octanol–water partition coefficient (Wildman–Crippen LogP) is 4.57. The van der Waals surface area contributed by atoms with Crippen LogP contribution in [0.2, 0.25) is 0 Å². The molecule has 0 saturated heterocycles. The molecule has 1 fully saturated rings. The lowest BCUT2D eigenvalue weighted by Gasteiger charge is -2.08. The number of benzene rings is 2. The Morgan fingerprint density at radius 2 is 1.94 bits per heavy atom. The average molecular weight is 434 g/mol. The Morgan fingerprint density at radius 3 is 2.65 bits per heavy atom. The SMILES string of the molecule is Cc1nc(COc2ccccc2/C=C/C(=O)Nc2ccc(C(=O)NC3CC3)cc2)cs1. The third kappa shape index (κ3) is 6.02. The summed E-state index contributed by atoms with van der Waals surface area (Å²) < 4.78 is 5.88. The van der Waals surface area contributed by atoms with E-state index < -0.39 is 0 Å². The van der Waals surface area contributed by atoms with Gasteiger partial charge in [0.05, 0.1) is 10.7 Å². The summed E-state index contributed by atoms with van der Waals surface area (Å²) in [6, 6.07) is 14.7. The highest BCUT2D eigenvalue weighted by Crippen LogP contribution is 2.22. The number of carbonyl (C=O) groups excluding carboxylic acids is 2. The highest BCUT2D eigenvalue weighted by Gasteiger charge is 2.23. The smallest absolute Gasteiger partial charge is 0.251 e. The van der Waals surface area contributed by atoms with E-state index in [1.165, 1.54) is 6.08 Å². The van der Waals surface area contributed by atoms with E-state index in [9.17, 15) is 9.59 Å². The van der Waals surface area contributed by atoms with Crippen LogP contribution >= 0.6 is 11.3 Å². The number of rotatable bonds is 8. The molecule has 0 radical (unpaired) electrons. The molecule has 0 aliphatic heterocycles. The van der Waals surface area contributed by atoms with Gasteiger partial charge in [0, 0.05) is 34.3 Å². The molecule has 4 rings (SSSR count). The maximum Gasteiger partial charge on any atom is 0.251 e. The van der Waals surface area contributed by atoms with Crippen molar-refractivity contribution in [1.82, 2.24) is 10.3 Å². The lowest BCUT2D eigenvalue weighted by molar-refractivity contribution is -0.111. The molecule has 0 bridgehead atoms. The van der Waals surface area contributed by atoms with Gasteiger partial charge < -0.3 is 15.4 Å². The van der Waals surface area contributed by atoms with Gasteiger partial charge in [-0.05, 0) is 56.2 Å². The molecule has 1 heterocycles. The first-order valence-corrected chi connectivity index (χ1v) is 11.0. The fraction of sp³-hybridized carbons (Fsp3) is 0.208. The Hall–Kier alpha value is -3.45. The zero-order valence-electron chi connectivity index (χ0n) is 17.1. The van der Waals surface area contributed by atoms with E-state index in [-0.39, 0.29) is 11.8 Å². The summed E-state index contributed by atoms with van der Waals surface area (Å²) >= 11 is 1.59. The second-order valence-corrected chi connectivity index (χ2v) is 8.39. The Morgan fingerprint density at radius 1 is 1.16 bits per heavy atom. The van der Waals surface area contributed by atoms with E-state index in [1.807, 2.05) is 36.6 Å². The molecule has 1 aliphatic rings. The third-order valence-corrected chi connectivity index (χ3v) is 5.52. The van der Waals surface area contributed by atoms with Gasteiger partial charge in [0.1, 0.15) is 12.4 Å². The van der Waals surface area contributed by atoms with Crippen LogP contribution in [-0.2, 0) is 11.4 Å². The number of para-hydroxylation sites is 1. The summed E-state index contributed by atoms with van der Waals surface area (Å²) in [5.74, 6) is 0.341. The maximum atomic E-state index is 12.3. The number of ether oxygens (including phenoxy) is 1. The summed E-state index contributed by atoms with van der Waals surface area (Å²) in [6.07, 6.45) is 5.27. The van der Waals surface area contributed by atoms with E-state index in [0.717, 1.165) is 29.1 Å². The fourth-order valence-electron chi connectivity index (χ4n) is 2.93. The van der Waals surface area contributed by atoms with Gasteiger partial charge in [0.2, 0.25) is 5.91 Å². The van der Waals surface area contributed by atoms with Gasteiger partial charge in [0.25, 0.3) is 5.91 Å². The molecule has 158 valence electrons. The number of thiazole rings is 1. The van der Waals surface area contributed by atoms with E-state index in [1.54, 1.807) is 41.7 Å². The molecule has 2 aromatic carbocycles. The first kappa shape index (κ1) is 20.8. The van der Waals surface area contributed by atoms with Crippen molar-refractivity contribution in [2.24, 2.45) is 0 Å². The second kappa shape index (κ2) is 9.57. The normalized spacial score (nSPS) is 13.2. The van der Waals surface area contributed by atoms with Crippen molar-refractivity contribution < 1.29 is 14.3 Å². The maximum absolute atomic E-state index is 12.3. The van der Waals surface area contributed by atoms with E-state index >= 15 is 0 Å². The molecule has 0 atom stereocenters. The van der Waals surface area contributed by atoms with Crippen LogP contribution in [0.5, 0.6) is 5.75 Å². The van der Waals surface area contributed by atoms with Crippen molar-refractivity contribution in [2.45, 2.75) is 32.4 Å². The van der Waals surface area contributed by atoms with Gasteiger partial charge in [-0.3, -0.25) is 9.59 Å². The van der Waals surface area contributed by atoms with Crippen LogP contribution in [0.4, 0.5) is 5.69 Å². The standard InChI is InChI=1S/C24H23N3O3S/c1-16-25-21(15-31-16)14-30-22-5-3-2-4-17(22)8-13-23(28)26-19-9-6-18(7-10-19)24(29)27-20-11-12-20/h2-10,13,15,20H,11-12,14H2,1H3,(H,26,28)(H,27,29)/b13-8+. The van der Waals surface area contributed by atoms with Gasteiger partial charge in [-0.15, -0.1) is 11.3 Å². The van der Waals surface area contributed by atoms with E-state index in [0.29, 0.717) is 29.6 Å². The molecule has 2 N–H and O–H groups in total. The van der Waals surface area contributed by atoms with E-state index in [4.69, 9.17) is 4.74 Å². The summed E-state index contributed by atoms with van der Waals surface area (Å²) in [7, 11) is 0. The minimum atomic E-state index is -0.264. The van der Waals surface area contributed by atoms with Crippen LogP contribution in [0.15, 0.2) is 60.0 Å². The van der Waals surface area contributed by atoms with Crippen LogP contribution < -0.4 is 15.4 Å². The van der Waals surface area contributed by atoms with Crippen molar-refractivity contribution in [3.05, 3.63) is 81.8 Å². The number of aromatic nitrogens is 1. The largest absolute Gasteiger partial charge is 0.487 e. The van der Waals surface area contributed by atoms with Gasteiger partial charge >= 0.3 is 0 Å². The van der Waals surface area contributed by atoms with Crippen LogP contribution in [0.25, 0.3) is 6.08 Å². The quantitative estimate of drug-likeness (QED) is 0.510. The highest BCUT2D eigenvalue weighted by molar-refractivity contribution is 7.09. The first-order chi connectivity index (χ1) is 15.1. The lowest BCUT2D eigenvalue weighted by Crippen LogP contribution is -2.25. The molecule has 1 aromatic heterocycles. The molecule has 7 heteroatoms. The van der Waals surface area contributed by atoms with Gasteiger partial charge in [0.15, 0.2) is 0 Å². The number of amides is 2. The van der Waals surface area contributed by atoms with E-state index in [2.05, 4.69) is 15.6 Å². The molecule has 1 saturated carbocycles. The molecular formula is C24H23N3O3S. The van der Waals surface area contributed by atoms with Crippen molar-refractivity contribution in [1.29, 1.82) is 0 Å². The van der Waals surface area contributed by atoms with Crippen molar-refractivity contribution in [3.8, 4) is 5.75 Å². The fourth-order valence-corrected chi connectivity index (χ4v) is 3.52. The van der Waals surface area contributed by atoms with Crippen molar-refractivity contribution in [3.63, 3.8) is 0 Å². The van der Waals surface area contributed by atoms with Crippen molar-refractivity contribution >= 4 is 34.9 Å². The molecule has 0 spiro atoms. The molecule has 1 aliphatic carbocycles. The van der Waals surface area contributed by atoms with Gasteiger partial charge in [-0.1, -0.05) is 18.2 Å². The lowest BCUT2D eigenvalue weighted by atomic mass is 10.1. The minimum absolute atomic E-state index is 0.0790. The molecule has 6 nitrogen and oxygen atoms in total. The Labute approximate surface area is 185 Å². The Kier molecular flexibility index (Phi) is 6.43. The average Bonchev–Trinajstić information content (AvgIpc) is 3.49. The zero-order valence-corrected chi connectivity index (χ0v) is 17.9. The molecule has 0 unspecified atom stereocenters. The van der Waals surface area contributed by atoms with Crippen LogP contribution in [0, 0.1) is 6.92 Å². The summed E-state index contributed by atoms with van der Waals surface area (Å²) in [5.41, 5.74) is 2.90. The number of aryl methyl sites for hydroxylation is 1. The number of nitrogens with one attached hydrogen (secondary N) is 2. The number of hydrogen-bond acceptors (Lipinski definition) is 5. The number of hydrogen-bond donors (Lipinski definition) is 2. The first-order valence-electron chi connectivity index (χ1n) is 10.1. The summed E-state index contributed by atoms with van der Waals surface area (Å²) in [4.78, 5) is 28.8. The Bertz CT molecular complexity index is 1100. The monoisotopic (exact) mass is 433 g/mol. The van der Waals surface area contributed by atoms with Crippen LogP contribution in [0.1, 0.15) is 39.5 Å². The van der Waals surface area contributed by atoms with Crippen molar-refractivity contribution in [2.75, 3.05) is 5.32 Å². The van der Waals surface area contributed by atoms with Gasteiger partial charge in [-0.25, -0.2) is 4.98 Å². The minimum Gasteiger partial charge on any atom is -0.487 e. The predicted molar refractivity (Wildman–Crippen MR) is 122 cm³/mol. The number of carbonyl (C=O) groups is 2. The molecule has 31 heavy (non-hydrogen) atoms. The van der Waals surface area contributed by atoms with Gasteiger partial charge in [-0.2, -0.15) is 0 Å². The summed E-state index contributed by atoms with van der Waals surface area (Å²) in [6.45, 7) is 2.34. The van der Waals surface area contributed by atoms with Crippen LogP contribution in [0.3, 0.4) is 0 Å². The molecule has 2 amide bonds. The third-order valence-electron chi connectivity index (χ3n) is 4.70. The highest BCUT2D eigenvalue weighted by atomic mass is 32.1. The summed E-state index contributed by atoms with van der Waals surface area (Å²) in [5, 5.41) is 8.72. The molecular weight excluding hydrogens is 410 g/mol. The Balaban J connectivity index is 1.34. The topological polar surface area (TPSA) is 80.3 Å². The number of nitrogens with zero attached hydrogens (tertiary/aromatic N) is 1. The zero-order chi connectivity index (χ0) is 21.6. The number of anilines is 1.